The van der Waals surface area contributed by atoms with Gasteiger partial charge in [-0.15, -0.1) is 0 Å². The van der Waals surface area contributed by atoms with Crippen LogP contribution in [0.4, 0.5) is 20.2 Å². The summed E-state index contributed by atoms with van der Waals surface area (Å²) in [5.74, 6) is -2.61. The highest BCUT2D eigenvalue weighted by Gasteiger charge is 2.17. The molecule has 0 fully saturated rings. The van der Waals surface area contributed by atoms with Crippen LogP contribution in [0.5, 0.6) is 5.75 Å². The van der Waals surface area contributed by atoms with Crippen molar-refractivity contribution >= 4 is 17.3 Å². The minimum absolute atomic E-state index is 0.0628. The van der Waals surface area contributed by atoms with Crippen LogP contribution < -0.4 is 15.8 Å². The Hall–Kier alpha value is -2.63. The Morgan fingerprint density at radius 1 is 1.20 bits per heavy atom. The van der Waals surface area contributed by atoms with Gasteiger partial charge >= 0.3 is 0 Å². The molecular formula is C14H12F2N2O2. The first kappa shape index (κ1) is 13.8. The maximum absolute atomic E-state index is 13.6. The molecule has 20 heavy (non-hydrogen) atoms. The van der Waals surface area contributed by atoms with Gasteiger partial charge in [-0.25, -0.2) is 8.78 Å². The highest BCUT2D eigenvalue weighted by atomic mass is 19.2. The topological polar surface area (TPSA) is 64.3 Å². The number of para-hydroxylation sites is 1. The first-order chi connectivity index (χ1) is 9.54. The Bertz CT molecular complexity index is 660. The average Bonchev–Trinajstić information content (AvgIpc) is 2.47. The fourth-order valence-electron chi connectivity index (χ4n) is 1.71. The van der Waals surface area contributed by atoms with E-state index in [1.165, 1.54) is 19.2 Å². The summed E-state index contributed by atoms with van der Waals surface area (Å²) >= 11 is 0. The number of hydrogen-bond acceptors (Lipinski definition) is 3. The van der Waals surface area contributed by atoms with E-state index in [9.17, 15) is 13.6 Å². The first-order valence-corrected chi connectivity index (χ1v) is 5.72. The Balaban J connectivity index is 2.35. The summed E-state index contributed by atoms with van der Waals surface area (Å²) < 4.78 is 31.8. The quantitative estimate of drug-likeness (QED) is 0.848. The van der Waals surface area contributed by atoms with E-state index in [1.54, 1.807) is 18.2 Å². The van der Waals surface area contributed by atoms with E-state index >= 15 is 0 Å². The third-order valence-electron chi connectivity index (χ3n) is 2.72. The monoisotopic (exact) mass is 278 g/mol. The van der Waals surface area contributed by atoms with Crippen LogP contribution >= 0.6 is 0 Å². The number of anilines is 2. The number of halogens is 2. The van der Waals surface area contributed by atoms with Crippen molar-refractivity contribution in [3.63, 3.8) is 0 Å². The maximum atomic E-state index is 13.6. The third kappa shape index (κ3) is 2.54. The van der Waals surface area contributed by atoms with Crippen molar-refractivity contribution in [1.29, 1.82) is 0 Å². The summed E-state index contributed by atoms with van der Waals surface area (Å²) in [4.78, 5) is 12.1. The fraction of sp³-hybridized carbons (Fsp3) is 0.0714. The van der Waals surface area contributed by atoms with Gasteiger partial charge in [0, 0.05) is 0 Å². The van der Waals surface area contributed by atoms with E-state index in [-0.39, 0.29) is 16.9 Å². The van der Waals surface area contributed by atoms with Gasteiger partial charge in [0.2, 0.25) is 0 Å². The predicted molar refractivity (Wildman–Crippen MR) is 71.7 cm³/mol. The second-order valence-corrected chi connectivity index (χ2v) is 3.98. The smallest absolute Gasteiger partial charge is 0.259 e. The number of amides is 1. The van der Waals surface area contributed by atoms with Crippen LogP contribution in [0, 0.1) is 11.6 Å². The van der Waals surface area contributed by atoms with Crippen molar-refractivity contribution < 1.29 is 18.3 Å². The van der Waals surface area contributed by atoms with Gasteiger partial charge in [-0.2, -0.15) is 0 Å². The van der Waals surface area contributed by atoms with Gasteiger partial charge in [0.1, 0.15) is 11.4 Å². The Labute approximate surface area is 114 Å². The van der Waals surface area contributed by atoms with E-state index in [2.05, 4.69) is 5.32 Å². The second-order valence-electron chi connectivity index (χ2n) is 3.98. The number of carbonyl (C=O) groups is 1. The molecule has 0 saturated carbocycles. The number of nitrogens with one attached hydrogen (secondary N) is 1. The van der Waals surface area contributed by atoms with Gasteiger partial charge in [-0.3, -0.25) is 4.79 Å². The molecule has 0 unspecified atom stereocenters. The second kappa shape index (κ2) is 5.56. The molecule has 0 radical (unpaired) electrons. The van der Waals surface area contributed by atoms with Crippen LogP contribution in [0.2, 0.25) is 0 Å². The zero-order valence-corrected chi connectivity index (χ0v) is 10.6. The largest absolute Gasteiger partial charge is 0.496 e. The van der Waals surface area contributed by atoms with Crippen LogP contribution in [0.3, 0.4) is 0 Å². The average molecular weight is 278 g/mol. The molecule has 0 aliphatic heterocycles. The SMILES string of the molecule is COc1ccccc1C(=O)Nc1c(N)ccc(F)c1F. The summed E-state index contributed by atoms with van der Waals surface area (Å²) in [5.41, 5.74) is 5.28. The molecule has 0 spiro atoms. The summed E-state index contributed by atoms with van der Waals surface area (Å²) in [6.07, 6.45) is 0. The predicted octanol–water partition coefficient (Wildman–Crippen LogP) is 2.81. The van der Waals surface area contributed by atoms with Gasteiger partial charge in [0.25, 0.3) is 5.91 Å². The maximum Gasteiger partial charge on any atom is 0.259 e. The molecule has 0 atom stereocenters. The molecule has 1 amide bonds. The normalized spacial score (nSPS) is 10.2. The van der Waals surface area contributed by atoms with Crippen molar-refractivity contribution in [2.24, 2.45) is 0 Å². The van der Waals surface area contributed by atoms with Gasteiger partial charge in [-0.1, -0.05) is 12.1 Å². The van der Waals surface area contributed by atoms with Crippen LogP contribution in [0.1, 0.15) is 10.4 Å². The molecule has 2 rings (SSSR count). The minimum atomic E-state index is -1.20. The van der Waals surface area contributed by atoms with Gasteiger partial charge in [0.05, 0.1) is 18.4 Å². The molecule has 3 N–H and O–H groups in total. The lowest BCUT2D eigenvalue weighted by molar-refractivity contribution is 0.102. The molecule has 6 heteroatoms. The zero-order chi connectivity index (χ0) is 14.7. The molecule has 0 aromatic heterocycles. The van der Waals surface area contributed by atoms with Crippen molar-refractivity contribution in [3.8, 4) is 5.75 Å². The van der Waals surface area contributed by atoms with Gasteiger partial charge in [-0.05, 0) is 24.3 Å². The Morgan fingerprint density at radius 3 is 2.60 bits per heavy atom. The van der Waals surface area contributed by atoms with Crippen molar-refractivity contribution in [2.75, 3.05) is 18.2 Å². The number of nitrogens with two attached hydrogens (primary N) is 1. The summed E-state index contributed by atoms with van der Waals surface area (Å²) in [6, 6.07) is 8.47. The van der Waals surface area contributed by atoms with Crippen molar-refractivity contribution in [1.82, 2.24) is 0 Å². The Morgan fingerprint density at radius 2 is 1.90 bits per heavy atom. The van der Waals surface area contributed by atoms with E-state index < -0.39 is 17.5 Å². The molecule has 104 valence electrons. The van der Waals surface area contributed by atoms with Crippen LogP contribution in [0.25, 0.3) is 0 Å². The fourth-order valence-corrected chi connectivity index (χ4v) is 1.71. The molecule has 2 aromatic rings. The highest BCUT2D eigenvalue weighted by Crippen LogP contribution is 2.26. The number of methoxy groups -OCH3 is 1. The van der Waals surface area contributed by atoms with Gasteiger partial charge < -0.3 is 15.8 Å². The molecule has 0 bridgehead atoms. The minimum Gasteiger partial charge on any atom is -0.496 e. The first-order valence-electron chi connectivity index (χ1n) is 5.72. The van der Waals surface area contributed by atoms with E-state index in [0.717, 1.165) is 6.07 Å². The lowest BCUT2D eigenvalue weighted by Gasteiger charge is -2.11. The summed E-state index contributed by atoms with van der Waals surface area (Å²) in [5, 5.41) is 2.25. The van der Waals surface area contributed by atoms with Gasteiger partial charge in [0.15, 0.2) is 11.6 Å². The lowest BCUT2D eigenvalue weighted by Crippen LogP contribution is -2.16. The van der Waals surface area contributed by atoms with E-state index in [4.69, 9.17) is 10.5 Å². The molecule has 0 heterocycles. The standard InChI is InChI=1S/C14H12F2N2O2/c1-20-11-5-3-2-4-8(11)14(19)18-13-10(17)7-6-9(15)12(13)16/h2-7H,17H2,1H3,(H,18,19). The number of benzene rings is 2. The number of ether oxygens (including phenoxy) is 1. The Kier molecular flexibility index (Phi) is 3.84. The molecule has 0 aliphatic rings. The lowest BCUT2D eigenvalue weighted by atomic mass is 10.1. The summed E-state index contributed by atoms with van der Waals surface area (Å²) in [7, 11) is 1.41. The van der Waals surface area contributed by atoms with E-state index in [0.29, 0.717) is 5.75 Å². The number of carbonyl (C=O) groups excluding carboxylic acids is 1. The molecular weight excluding hydrogens is 266 g/mol. The molecule has 2 aromatic carbocycles. The third-order valence-corrected chi connectivity index (χ3v) is 2.72. The van der Waals surface area contributed by atoms with Crippen molar-refractivity contribution in [2.45, 2.75) is 0 Å². The zero-order valence-electron chi connectivity index (χ0n) is 10.6. The number of nitrogen functional groups attached to an aromatic ring is 1. The van der Waals surface area contributed by atoms with Crippen LogP contribution in [-0.4, -0.2) is 13.0 Å². The highest BCUT2D eigenvalue weighted by molar-refractivity contribution is 6.07. The van der Waals surface area contributed by atoms with E-state index in [1.807, 2.05) is 0 Å². The molecule has 0 aliphatic carbocycles. The van der Waals surface area contributed by atoms with Crippen LogP contribution in [0.15, 0.2) is 36.4 Å². The van der Waals surface area contributed by atoms with Crippen molar-refractivity contribution in [3.05, 3.63) is 53.6 Å². The molecule has 4 nitrogen and oxygen atoms in total. The van der Waals surface area contributed by atoms with Crippen LogP contribution in [-0.2, 0) is 0 Å². The molecule has 0 saturated heterocycles. The summed E-state index contributed by atoms with van der Waals surface area (Å²) in [6.45, 7) is 0. The number of hydrogen-bond donors (Lipinski definition) is 2. The number of rotatable bonds is 3.